The minimum Gasteiger partial charge on any atom is -0.0651 e. The summed E-state index contributed by atoms with van der Waals surface area (Å²) in [4.78, 5) is 0. The van der Waals surface area contributed by atoms with E-state index in [9.17, 15) is 0 Å². The van der Waals surface area contributed by atoms with Crippen molar-refractivity contribution in [1.82, 2.24) is 0 Å². The molecule has 1 aliphatic carbocycles. The third kappa shape index (κ3) is 0.667. The molecule has 0 radical (unpaired) electrons. The zero-order valence-electron chi connectivity index (χ0n) is 5.44. The lowest BCUT2D eigenvalue weighted by Crippen LogP contribution is -1.70. The van der Waals surface area contributed by atoms with Gasteiger partial charge in [0.1, 0.15) is 0 Å². The molecule has 1 saturated carbocycles. The van der Waals surface area contributed by atoms with E-state index >= 15 is 0 Å². The minimum atomic E-state index is 1.03. The van der Waals surface area contributed by atoms with Crippen LogP contribution >= 0.6 is 0 Å². The van der Waals surface area contributed by atoms with E-state index in [4.69, 9.17) is 0 Å². The van der Waals surface area contributed by atoms with Gasteiger partial charge in [-0.15, -0.1) is 0 Å². The molecule has 0 bridgehead atoms. The molecule has 0 aromatic heterocycles. The Balaban J connectivity index is 2.24. The van der Waals surface area contributed by atoms with E-state index in [1.807, 2.05) is 0 Å². The van der Waals surface area contributed by atoms with Crippen molar-refractivity contribution < 1.29 is 0 Å². The minimum absolute atomic E-state index is 1.03. The molecule has 7 heavy (non-hydrogen) atoms. The molecule has 0 aromatic carbocycles. The van der Waals surface area contributed by atoms with Crippen molar-refractivity contribution in [3.8, 4) is 0 Å². The van der Waals surface area contributed by atoms with Gasteiger partial charge in [0.25, 0.3) is 0 Å². The Kier molecular flexibility index (Phi) is 1.10. The lowest BCUT2D eigenvalue weighted by Gasteiger charge is -1.80. The average molecular weight is 98.2 g/mol. The van der Waals surface area contributed by atoms with Crippen molar-refractivity contribution >= 4 is 0 Å². The van der Waals surface area contributed by atoms with Gasteiger partial charge in [-0.25, -0.2) is 0 Å². The van der Waals surface area contributed by atoms with Gasteiger partial charge in [-0.2, -0.15) is 0 Å². The highest BCUT2D eigenvalue weighted by molar-refractivity contribution is 4.89. The summed E-state index contributed by atoms with van der Waals surface area (Å²) in [5, 5.41) is 0. The fraction of sp³-hybridized carbons (Fsp3) is 1.00. The summed E-state index contributed by atoms with van der Waals surface area (Å²) >= 11 is 0. The van der Waals surface area contributed by atoms with Crippen LogP contribution in [0.5, 0.6) is 0 Å². The first kappa shape index (κ1) is 5.14. The summed E-state index contributed by atoms with van der Waals surface area (Å²) in [5.41, 5.74) is 0. The molecule has 1 rings (SSSR count). The van der Waals surface area contributed by atoms with Crippen LogP contribution in [-0.2, 0) is 0 Å². The normalized spacial score (nSPS) is 49.3. The molecule has 0 nitrogen and oxygen atoms in total. The van der Waals surface area contributed by atoms with Gasteiger partial charge < -0.3 is 0 Å². The SMILES string of the molecule is CCC1[C@H](C)[C@H]1C. The molecule has 0 amide bonds. The lowest BCUT2D eigenvalue weighted by atomic mass is 10.3. The topological polar surface area (TPSA) is 0 Å². The zero-order valence-corrected chi connectivity index (χ0v) is 5.44. The summed E-state index contributed by atoms with van der Waals surface area (Å²) in [7, 11) is 0. The van der Waals surface area contributed by atoms with Gasteiger partial charge in [-0.3, -0.25) is 0 Å². The fourth-order valence-electron chi connectivity index (χ4n) is 1.51. The van der Waals surface area contributed by atoms with Crippen molar-refractivity contribution in [3.05, 3.63) is 0 Å². The van der Waals surface area contributed by atoms with Crippen LogP contribution in [-0.4, -0.2) is 0 Å². The van der Waals surface area contributed by atoms with E-state index in [2.05, 4.69) is 20.8 Å². The maximum absolute atomic E-state index is 2.35. The van der Waals surface area contributed by atoms with Crippen molar-refractivity contribution in [2.45, 2.75) is 27.2 Å². The Hall–Kier alpha value is 0. The molecule has 0 unspecified atom stereocenters. The van der Waals surface area contributed by atoms with Crippen LogP contribution in [0.25, 0.3) is 0 Å². The summed E-state index contributed by atoms with van der Waals surface area (Å²) in [5.74, 6) is 3.13. The van der Waals surface area contributed by atoms with Crippen molar-refractivity contribution in [2.75, 3.05) is 0 Å². The second-order valence-corrected chi connectivity index (χ2v) is 2.79. The molecule has 0 N–H and O–H groups in total. The molecule has 0 spiro atoms. The smallest absolute Gasteiger partial charge is 0.0360 e. The highest BCUT2D eigenvalue weighted by Gasteiger charge is 2.40. The monoisotopic (exact) mass is 98.1 g/mol. The first-order chi connectivity index (χ1) is 3.27. The summed E-state index contributed by atoms with van der Waals surface area (Å²) in [6, 6.07) is 0. The Morgan fingerprint density at radius 3 is 1.57 bits per heavy atom. The van der Waals surface area contributed by atoms with Crippen molar-refractivity contribution in [3.63, 3.8) is 0 Å². The Morgan fingerprint density at radius 1 is 1.14 bits per heavy atom. The highest BCUT2D eigenvalue weighted by Crippen LogP contribution is 2.47. The van der Waals surface area contributed by atoms with Gasteiger partial charge in [-0.05, 0) is 17.8 Å². The Bertz CT molecular complexity index is 58.4. The van der Waals surface area contributed by atoms with Crippen LogP contribution in [0.4, 0.5) is 0 Å². The molecule has 0 aromatic rings. The maximum Gasteiger partial charge on any atom is -0.0360 e. The molecule has 1 aliphatic rings. The second-order valence-electron chi connectivity index (χ2n) is 2.79. The molecule has 0 heteroatoms. The highest BCUT2D eigenvalue weighted by atomic mass is 14.5. The predicted octanol–water partition coefficient (Wildman–Crippen LogP) is 2.30. The van der Waals surface area contributed by atoms with E-state index in [0.717, 1.165) is 17.8 Å². The van der Waals surface area contributed by atoms with Gasteiger partial charge >= 0.3 is 0 Å². The molecule has 0 heterocycles. The third-order valence-corrected chi connectivity index (χ3v) is 2.51. The molecule has 0 saturated heterocycles. The standard InChI is InChI=1S/C7H14/c1-4-7-5(2)6(7)3/h5-7H,4H2,1-3H3/t5-,6-/m1/s1. The molecule has 0 aliphatic heterocycles. The molecule has 2 atom stereocenters. The summed E-state index contributed by atoms with van der Waals surface area (Å²) in [6.07, 6.45) is 1.39. The molecular formula is C7H14. The summed E-state index contributed by atoms with van der Waals surface area (Å²) < 4.78 is 0. The van der Waals surface area contributed by atoms with Crippen LogP contribution in [0.1, 0.15) is 27.2 Å². The molecular weight excluding hydrogens is 84.1 g/mol. The van der Waals surface area contributed by atoms with E-state index in [1.54, 1.807) is 0 Å². The second kappa shape index (κ2) is 1.50. The van der Waals surface area contributed by atoms with Crippen molar-refractivity contribution in [2.24, 2.45) is 17.8 Å². The molecule has 1 fully saturated rings. The number of rotatable bonds is 1. The number of hydrogen-bond donors (Lipinski definition) is 0. The first-order valence-corrected chi connectivity index (χ1v) is 3.27. The Labute approximate surface area is 45.9 Å². The first-order valence-electron chi connectivity index (χ1n) is 3.27. The van der Waals surface area contributed by atoms with Crippen LogP contribution in [0, 0.1) is 17.8 Å². The third-order valence-electron chi connectivity index (χ3n) is 2.51. The molecule has 42 valence electrons. The van der Waals surface area contributed by atoms with E-state index < -0.39 is 0 Å². The van der Waals surface area contributed by atoms with Crippen LogP contribution in [0.15, 0.2) is 0 Å². The largest absolute Gasteiger partial charge is 0.0651 e. The van der Waals surface area contributed by atoms with Gasteiger partial charge in [-0.1, -0.05) is 27.2 Å². The van der Waals surface area contributed by atoms with Gasteiger partial charge in [0.2, 0.25) is 0 Å². The van der Waals surface area contributed by atoms with E-state index in [-0.39, 0.29) is 0 Å². The average Bonchev–Trinajstić information content (AvgIpc) is 2.17. The predicted molar refractivity (Wildman–Crippen MR) is 32.1 cm³/mol. The van der Waals surface area contributed by atoms with E-state index in [1.165, 1.54) is 6.42 Å². The lowest BCUT2D eigenvalue weighted by molar-refractivity contribution is 0.707. The number of hydrogen-bond acceptors (Lipinski definition) is 0. The van der Waals surface area contributed by atoms with Gasteiger partial charge in [0, 0.05) is 0 Å². The van der Waals surface area contributed by atoms with Gasteiger partial charge in [0.05, 0.1) is 0 Å². The van der Waals surface area contributed by atoms with E-state index in [0.29, 0.717) is 0 Å². The van der Waals surface area contributed by atoms with Crippen LogP contribution in [0.3, 0.4) is 0 Å². The van der Waals surface area contributed by atoms with Gasteiger partial charge in [0.15, 0.2) is 0 Å². The quantitative estimate of drug-likeness (QED) is 0.472. The fourth-order valence-corrected chi connectivity index (χ4v) is 1.51. The zero-order chi connectivity index (χ0) is 5.44. The summed E-state index contributed by atoms with van der Waals surface area (Å²) in [6.45, 7) is 6.97. The van der Waals surface area contributed by atoms with Crippen LogP contribution in [0.2, 0.25) is 0 Å². The Morgan fingerprint density at radius 2 is 1.57 bits per heavy atom. The van der Waals surface area contributed by atoms with Crippen LogP contribution < -0.4 is 0 Å². The van der Waals surface area contributed by atoms with Crippen molar-refractivity contribution in [1.29, 1.82) is 0 Å². The maximum atomic E-state index is 2.35.